The summed E-state index contributed by atoms with van der Waals surface area (Å²) in [6, 6.07) is 0. The number of fused-ring (bicyclic) bond motifs is 1. The lowest BCUT2D eigenvalue weighted by atomic mass is 9.56. The molecule has 0 aromatic rings. The average molecular weight is 346 g/mol. The van der Waals surface area contributed by atoms with E-state index >= 15 is 0 Å². The average Bonchev–Trinajstić information content (AvgIpc) is 2.55. The van der Waals surface area contributed by atoms with Crippen molar-refractivity contribution in [3.8, 4) is 0 Å². The van der Waals surface area contributed by atoms with Crippen LogP contribution in [0, 0.1) is 11.8 Å². The minimum Gasteiger partial charge on any atom is -0.465 e. The number of hydrogen-bond donors (Lipinski definition) is 0. The molecule has 3 atom stereocenters. The van der Waals surface area contributed by atoms with Crippen LogP contribution in [0.1, 0.15) is 65.7 Å². The van der Waals surface area contributed by atoms with Gasteiger partial charge in [-0.1, -0.05) is 32.6 Å². The van der Waals surface area contributed by atoms with Crippen molar-refractivity contribution in [1.82, 2.24) is 4.90 Å². The van der Waals surface area contributed by atoms with Gasteiger partial charge in [0.2, 0.25) is 0 Å². The molecule has 0 spiro atoms. The van der Waals surface area contributed by atoms with Crippen molar-refractivity contribution in [3.63, 3.8) is 0 Å². The number of carbonyl (C=O) groups excluding carboxylic acids is 1. The Kier molecular flexibility index (Phi) is 8.14. The fourth-order valence-corrected chi connectivity index (χ4v) is 4.06. The number of nitrogens with zero attached hydrogens (tertiary/aromatic N) is 3. The van der Waals surface area contributed by atoms with E-state index in [1.807, 2.05) is 14.0 Å². The van der Waals surface area contributed by atoms with Crippen LogP contribution < -0.4 is 0 Å². The Bertz CT molecular complexity index is 507. The second-order valence-corrected chi connectivity index (χ2v) is 7.33. The number of carbonyl (C=O) groups is 1. The van der Waals surface area contributed by atoms with Gasteiger partial charge in [0.1, 0.15) is 0 Å². The largest absolute Gasteiger partial charge is 0.465 e. The minimum absolute atomic E-state index is 0.167. The fourth-order valence-electron chi connectivity index (χ4n) is 4.06. The molecule has 0 saturated heterocycles. The quantitative estimate of drug-likeness (QED) is 0.525. The van der Waals surface area contributed by atoms with Crippen molar-refractivity contribution in [3.05, 3.63) is 0 Å². The lowest BCUT2D eigenvalue weighted by molar-refractivity contribution is -0.144. The van der Waals surface area contributed by atoms with E-state index in [9.17, 15) is 4.79 Å². The lowest BCUT2D eigenvalue weighted by Crippen LogP contribution is -2.46. The van der Waals surface area contributed by atoms with Gasteiger partial charge in [-0.25, -0.2) is 0 Å². The summed E-state index contributed by atoms with van der Waals surface area (Å²) in [6.07, 6.45) is 8.60. The molecule has 6 heteroatoms. The SMILES string of the molecule is CCOC(=O)CN(C)C([B]C1=NN=C(C)C2CCCCCCC12)CC. The molecule has 25 heavy (non-hydrogen) atoms. The van der Waals surface area contributed by atoms with Crippen molar-refractivity contribution in [2.45, 2.75) is 71.7 Å². The highest BCUT2D eigenvalue weighted by atomic mass is 16.5. The van der Waals surface area contributed by atoms with Crippen LogP contribution in [-0.2, 0) is 9.53 Å². The van der Waals surface area contributed by atoms with Crippen LogP contribution in [0.25, 0.3) is 0 Å². The lowest BCUT2D eigenvalue weighted by Gasteiger charge is -2.35. The molecule has 0 amide bonds. The Morgan fingerprint density at radius 2 is 1.88 bits per heavy atom. The minimum atomic E-state index is -0.167. The van der Waals surface area contributed by atoms with Gasteiger partial charge in [0, 0.05) is 17.2 Å². The molecule has 1 aliphatic carbocycles. The Balaban J connectivity index is 2.05. The molecule has 139 valence electrons. The standard InChI is InChI=1S/C19H33BN3O2/c1-5-17(23(4)13-18(24)25-6-2)20-19-16-12-10-8-7-9-11-15(16)14(3)21-22-19/h15-17H,5-13H2,1-4H3. The van der Waals surface area contributed by atoms with E-state index in [-0.39, 0.29) is 11.9 Å². The van der Waals surface area contributed by atoms with Crippen LogP contribution in [-0.4, -0.2) is 55.6 Å². The zero-order chi connectivity index (χ0) is 18.2. The molecule has 5 nitrogen and oxygen atoms in total. The first kappa shape index (κ1) is 20.2. The first-order valence-corrected chi connectivity index (χ1v) is 9.89. The molecule has 2 aliphatic rings. The van der Waals surface area contributed by atoms with Gasteiger partial charge >= 0.3 is 5.97 Å². The maximum Gasteiger partial charge on any atom is 0.320 e. The summed E-state index contributed by atoms with van der Waals surface area (Å²) in [5, 5.41) is 9.03. The predicted molar refractivity (Wildman–Crippen MR) is 104 cm³/mol. The summed E-state index contributed by atoms with van der Waals surface area (Å²) in [5.74, 6) is 1.04. The summed E-state index contributed by atoms with van der Waals surface area (Å²) < 4.78 is 5.08. The van der Waals surface area contributed by atoms with E-state index in [1.165, 1.54) is 44.2 Å². The highest BCUT2D eigenvalue weighted by Gasteiger charge is 2.33. The van der Waals surface area contributed by atoms with Gasteiger partial charge in [0.05, 0.1) is 13.2 Å². The summed E-state index contributed by atoms with van der Waals surface area (Å²) in [6.45, 7) is 6.86. The second-order valence-electron chi connectivity index (χ2n) is 7.33. The van der Waals surface area contributed by atoms with Gasteiger partial charge < -0.3 is 9.64 Å². The maximum absolute atomic E-state index is 11.8. The summed E-state index contributed by atoms with van der Waals surface area (Å²) >= 11 is 0. The number of hydrogen-bond acceptors (Lipinski definition) is 5. The van der Waals surface area contributed by atoms with Gasteiger partial charge in [0.25, 0.3) is 0 Å². The molecule has 3 unspecified atom stereocenters. The molecule has 0 aromatic carbocycles. The van der Waals surface area contributed by atoms with Crippen LogP contribution in [0.4, 0.5) is 0 Å². The van der Waals surface area contributed by atoms with Gasteiger partial charge in [-0.15, -0.1) is 0 Å². The van der Waals surface area contributed by atoms with Crippen molar-refractivity contribution in [2.75, 3.05) is 20.2 Å². The summed E-state index contributed by atoms with van der Waals surface area (Å²) in [4.78, 5) is 13.8. The smallest absolute Gasteiger partial charge is 0.320 e. The van der Waals surface area contributed by atoms with Crippen molar-refractivity contribution < 1.29 is 9.53 Å². The summed E-state index contributed by atoms with van der Waals surface area (Å²) in [7, 11) is 4.23. The molecular formula is C19H33BN3O2. The molecule has 2 rings (SSSR count). The third-order valence-corrected chi connectivity index (χ3v) is 5.54. The number of ether oxygens (including phenoxy) is 1. The normalized spacial score (nSPS) is 25.2. The third kappa shape index (κ3) is 5.66. The topological polar surface area (TPSA) is 54.3 Å². The predicted octanol–water partition coefficient (Wildman–Crippen LogP) is 3.30. The van der Waals surface area contributed by atoms with Crippen molar-refractivity contribution in [1.29, 1.82) is 0 Å². The zero-order valence-electron chi connectivity index (χ0n) is 16.3. The van der Waals surface area contributed by atoms with Crippen LogP contribution in [0.2, 0.25) is 0 Å². The molecule has 1 heterocycles. The van der Waals surface area contributed by atoms with Gasteiger partial charge in [-0.05, 0) is 52.0 Å². The van der Waals surface area contributed by atoms with Crippen molar-refractivity contribution >= 4 is 24.6 Å². The van der Waals surface area contributed by atoms with Crippen LogP contribution in [0.3, 0.4) is 0 Å². The molecule has 0 aromatic heterocycles. The van der Waals surface area contributed by atoms with E-state index in [2.05, 4.69) is 36.2 Å². The van der Waals surface area contributed by atoms with E-state index in [4.69, 9.17) is 4.74 Å². The van der Waals surface area contributed by atoms with Crippen molar-refractivity contribution in [2.24, 2.45) is 22.0 Å². The molecule has 1 radical (unpaired) electrons. The Morgan fingerprint density at radius 3 is 2.52 bits per heavy atom. The maximum atomic E-state index is 11.8. The summed E-state index contributed by atoms with van der Waals surface area (Å²) in [5.41, 5.74) is 2.32. The van der Waals surface area contributed by atoms with Gasteiger partial charge in [0.15, 0.2) is 7.28 Å². The molecule has 0 bridgehead atoms. The highest BCUT2D eigenvalue weighted by Crippen LogP contribution is 2.32. The zero-order valence-corrected chi connectivity index (χ0v) is 16.3. The van der Waals surface area contributed by atoms with Gasteiger partial charge in [-0.2, -0.15) is 10.2 Å². The molecular weight excluding hydrogens is 313 g/mol. The van der Waals surface area contributed by atoms with E-state index < -0.39 is 0 Å². The monoisotopic (exact) mass is 346 g/mol. The fraction of sp³-hybridized carbons (Fsp3) is 0.842. The molecule has 1 fully saturated rings. The van der Waals surface area contributed by atoms with E-state index in [0.717, 1.165) is 12.0 Å². The number of rotatable bonds is 7. The van der Waals surface area contributed by atoms with Crippen LogP contribution in [0.15, 0.2) is 10.2 Å². The Labute approximate surface area is 153 Å². The second kappa shape index (κ2) is 10.1. The first-order chi connectivity index (χ1) is 12.1. The first-order valence-electron chi connectivity index (χ1n) is 9.89. The molecule has 1 aliphatic heterocycles. The van der Waals surface area contributed by atoms with Gasteiger partial charge in [-0.3, -0.25) is 4.79 Å². The molecule has 0 N–H and O–H groups in total. The highest BCUT2D eigenvalue weighted by molar-refractivity contribution is 6.77. The Morgan fingerprint density at radius 1 is 1.20 bits per heavy atom. The van der Waals surface area contributed by atoms with Crippen LogP contribution in [0.5, 0.6) is 0 Å². The molecule has 1 saturated carbocycles. The Hall–Kier alpha value is -1.17. The number of esters is 1. The number of likely N-dealkylation sites (N-methyl/N-ethyl adjacent to an activating group) is 1. The van der Waals surface area contributed by atoms with E-state index in [0.29, 0.717) is 25.0 Å². The third-order valence-electron chi connectivity index (χ3n) is 5.54. The van der Waals surface area contributed by atoms with E-state index in [1.54, 1.807) is 0 Å². The van der Waals surface area contributed by atoms with Crippen LogP contribution >= 0.6 is 0 Å².